The van der Waals surface area contributed by atoms with E-state index in [0.717, 1.165) is 6.54 Å². The van der Waals surface area contributed by atoms with E-state index >= 15 is 0 Å². The van der Waals surface area contributed by atoms with Crippen LogP contribution in [0.25, 0.3) is 32.3 Å². The summed E-state index contributed by atoms with van der Waals surface area (Å²) >= 11 is 2.08. The van der Waals surface area contributed by atoms with Crippen molar-refractivity contribution in [3.05, 3.63) is 177 Å². The predicted octanol–water partition coefficient (Wildman–Crippen LogP) is 18.2. The Hall–Kier alpha value is -5.84. The van der Waals surface area contributed by atoms with Crippen molar-refractivity contribution in [2.45, 2.75) is 181 Å². The van der Waals surface area contributed by atoms with Crippen LogP contribution in [0.3, 0.4) is 0 Å². The third kappa shape index (κ3) is 7.45. The average Bonchev–Trinajstić information content (AvgIpc) is 3.80. The third-order valence-electron chi connectivity index (χ3n) is 20.2. The Morgan fingerprint density at radius 3 is 1.58 bits per heavy atom. The number of fused-ring (bicyclic) bond motifs is 9. The monoisotopic (exact) mass is 1010 g/mol. The standard InChI is InChI=1S/C72H79BN2S/c1-43-34-60-64-61(35-43)75(49-26-24-47(25-27-49)63-44(2)20-19-21-45(63)3)65-51-38-54-57(72(14,15)33-30-69(54,8)9)41-62(51)76-66(65)73(64)58-39-55-56(71(12,13)32-31-70(55,10)11)40-59(58)74(60)42-48-36-52-53(68(6,7)29-28-67(52,4)5)37-50(48)46-22-17-16-18-23-46/h16-27,34-41H,28-33,42H2,1-15H3. The van der Waals surface area contributed by atoms with Crippen molar-refractivity contribution < 1.29 is 0 Å². The number of aryl methyl sites for hydroxylation is 3. The number of benzene rings is 7. The molecule has 386 valence electrons. The highest BCUT2D eigenvalue weighted by Crippen LogP contribution is 2.55. The van der Waals surface area contributed by atoms with E-state index in [0.29, 0.717) is 0 Å². The van der Waals surface area contributed by atoms with Gasteiger partial charge in [0.1, 0.15) is 0 Å². The van der Waals surface area contributed by atoms with Gasteiger partial charge in [0.15, 0.2) is 0 Å². The molecule has 2 nitrogen and oxygen atoms in total. The molecule has 0 saturated heterocycles. The van der Waals surface area contributed by atoms with Gasteiger partial charge in [0.05, 0.1) is 5.69 Å². The van der Waals surface area contributed by atoms with Crippen LogP contribution in [0, 0.1) is 20.8 Å². The van der Waals surface area contributed by atoms with E-state index in [1.165, 1.54) is 171 Å². The van der Waals surface area contributed by atoms with Crippen LogP contribution in [0.15, 0.2) is 121 Å². The predicted molar refractivity (Wildman–Crippen MR) is 331 cm³/mol. The molecular weight excluding hydrogens is 936 g/mol. The summed E-state index contributed by atoms with van der Waals surface area (Å²) in [6.07, 6.45) is 7.12. The van der Waals surface area contributed by atoms with Crippen molar-refractivity contribution in [2.24, 2.45) is 0 Å². The Kier molecular flexibility index (Phi) is 10.9. The molecule has 0 atom stereocenters. The van der Waals surface area contributed by atoms with E-state index in [-0.39, 0.29) is 39.2 Å². The van der Waals surface area contributed by atoms with Gasteiger partial charge in [-0.1, -0.05) is 156 Å². The minimum absolute atomic E-state index is 0.0496. The Balaban J connectivity index is 1.12. The van der Waals surface area contributed by atoms with E-state index in [4.69, 9.17) is 0 Å². The third-order valence-corrected chi connectivity index (χ3v) is 21.4. The van der Waals surface area contributed by atoms with Gasteiger partial charge in [0.25, 0.3) is 6.71 Å². The lowest BCUT2D eigenvalue weighted by Crippen LogP contribution is -2.61. The van der Waals surface area contributed by atoms with Gasteiger partial charge in [-0.3, -0.25) is 0 Å². The summed E-state index contributed by atoms with van der Waals surface area (Å²) in [7, 11) is 0. The van der Waals surface area contributed by atoms with E-state index < -0.39 is 0 Å². The maximum atomic E-state index is 2.80. The molecule has 3 aliphatic carbocycles. The summed E-state index contributed by atoms with van der Waals surface area (Å²) in [6.45, 7) is 37.6. The molecule has 5 aliphatic rings. The van der Waals surface area contributed by atoms with Gasteiger partial charge in [0.2, 0.25) is 0 Å². The first-order valence-electron chi connectivity index (χ1n) is 28.8. The number of anilines is 5. The SMILES string of the molecule is Cc1cc2c3c(c1)N(c1ccc(-c4c(C)cccc4C)cc1)c1c(sc4cc5c(cc14)C(C)(C)CCC5(C)C)B3c1cc3c(cc1N2Cc1cc2c(cc1-c1ccccc1)C(C)(C)CCC2(C)C)C(C)(C)CCC3(C)C. The van der Waals surface area contributed by atoms with Crippen molar-refractivity contribution in [1.29, 1.82) is 0 Å². The summed E-state index contributed by atoms with van der Waals surface area (Å²) in [5.74, 6) is 0. The van der Waals surface area contributed by atoms with Gasteiger partial charge in [-0.15, -0.1) is 11.3 Å². The van der Waals surface area contributed by atoms with E-state index in [1.807, 2.05) is 0 Å². The molecule has 13 rings (SSSR count). The summed E-state index contributed by atoms with van der Waals surface area (Å²) in [5.41, 5.74) is 29.8. The molecule has 8 aromatic rings. The first-order chi connectivity index (χ1) is 35.8. The lowest BCUT2D eigenvalue weighted by atomic mass is 9.35. The lowest BCUT2D eigenvalue weighted by Gasteiger charge is -2.47. The Labute approximate surface area is 460 Å². The zero-order valence-corrected chi connectivity index (χ0v) is 49.2. The fraction of sp³-hybridized carbons (Fsp3) is 0.389. The highest BCUT2D eigenvalue weighted by atomic mass is 32.1. The smallest absolute Gasteiger partial charge is 0.264 e. The summed E-state index contributed by atoms with van der Waals surface area (Å²) in [4.78, 5) is 5.51. The zero-order valence-electron chi connectivity index (χ0n) is 48.4. The number of rotatable bonds is 5. The number of thiophene rings is 1. The molecule has 7 aromatic carbocycles. The van der Waals surface area contributed by atoms with Gasteiger partial charge in [-0.25, -0.2) is 0 Å². The van der Waals surface area contributed by atoms with Crippen molar-refractivity contribution in [3.63, 3.8) is 0 Å². The van der Waals surface area contributed by atoms with Gasteiger partial charge >= 0.3 is 0 Å². The molecule has 0 amide bonds. The van der Waals surface area contributed by atoms with Crippen LogP contribution < -0.4 is 25.5 Å². The average molecular weight is 1020 g/mol. The summed E-state index contributed by atoms with van der Waals surface area (Å²) < 4.78 is 2.88. The van der Waals surface area contributed by atoms with Crippen LogP contribution in [-0.4, -0.2) is 6.71 Å². The molecule has 0 bridgehead atoms. The van der Waals surface area contributed by atoms with Gasteiger partial charge in [-0.2, -0.15) is 0 Å². The first-order valence-corrected chi connectivity index (χ1v) is 29.6. The Morgan fingerprint density at radius 1 is 0.474 bits per heavy atom. The molecular formula is C72H79BN2S. The van der Waals surface area contributed by atoms with Gasteiger partial charge in [-0.05, 0) is 229 Å². The van der Waals surface area contributed by atoms with Crippen LogP contribution in [0.4, 0.5) is 28.4 Å². The molecule has 0 saturated carbocycles. The highest BCUT2D eigenvalue weighted by Gasteiger charge is 2.49. The van der Waals surface area contributed by atoms with E-state index in [9.17, 15) is 0 Å². The van der Waals surface area contributed by atoms with Crippen LogP contribution in [-0.2, 0) is 39.0 Å². The fourth-order valence-electron chi connectivity index (χ4n) is 15.1. The van der Waals surface area contributed by atoms with Crippen LogP contribution in [0.2, 0.25) is 0 Å². The van der Waals surface area contributed by atoms with Crippen molar-refractivity contribution in [3.8, 4) is 22.3 Å². The lowest BCUT2D eigenvalue weighted by molar-refractivity contribution is 0.331. The van der Waals surface area contributed by atoms with Crippen LogP contribution in [0.1, 0.15) is 177 Å². The molecule has 1 aromatic heterocycles. The zero-order chi connectivity index (χ0) is 53.4. The minimum atomic E-state index is 0.0496. The minimum Gasteiger partial charge on any atom is -0.338 e. The second-order valence-corrected chi connectivity index (χ2v) is 29.4. The van der Waals surface area contributed by atoms with E-state index in [2.05, 4.69) is 246 Å². The maximum Gasteiger partial charge on any atom is 0.264 e. The molecule has 4 heteroatoms. The normalized spacial score (nSPS) is 19.5. The van der Waals surface area contributed by atoms with Crippen LogP contribution in [0.5, 0.6) is 0 Å². The first kappa shape index (κ1) is 49.7. The quantitative estimate of drug-likeness (QED) is 0.159. The molecule has 3 heterocycles. The summed E-state index contributed by atoms with van der Waals surface area (Å²) in [5, 5.41) is 1.40. The number of hydrogen-bond acceptors (Lipinski definition) is 3. The summed E-state index contributed by atoms with van der Waals surface area (Å²) in [6, 6.07) is 48.8. The Bertz CT molecular complexity index is 3710. The number of hydrogen-bond donors (Lipinski definition) is 0. The van der Waals surface area contributed by atoms with E-state index in [1.54, 1.807) is 0 Å². The molecule has 0 fully saturated rings. The topological polar surface area (TPSA) is 6.48 Å². The largest absolute Gasteiger partial charge is 0.338 e. The van der Waals surface area contributed by atoms with Gasteiger partial charge in [0, 0.05) is 44.2 Å². The second-order valence-electron chi connectivity index (χ2n) is 28.3. The molecule has 0 unspecified atom stereocenters. The van der Waals surface area contributed by atoms with Crippen molar-refractivity contribution in [2.75, 3.05) is 9.80 Å². The molecule has 0 spiro atoms. The maximum absolute atomic E-state index is 2.80. The molecule has 76 heavy (non-hydrogen) atoms. The fourth-order valence-corrected chi connectivity index (χ4v) is 16.5. The van der Waals surface area contributed by atoms with Crippen molar-refractivity contribution >= 4 is 72.3 Å². The van der Waals surface area contributed by atoms with Crippen LogP contribution >= 0.6 is 11.3 Å². The number of nitrogens with zero attached hydrogens (tertiary/aromatic N) is 2. The highest BCUT2D eigenvalue weighted by molar-refractivity contribution is 7.33. The molecule has 2 aliphatic heterocycles. The molecule has 0 N–H and O–H groups in total. The molecule has 0 radical (unpaired) electrons. The second kappa shape index (κ2) is 16.6. The van der Waals surface area contributed by atoms with Gasteiger partial charge < -0.3 is 9.80 Å². The Morgan fingerprint density at radius 2 is 0.987 bits per heavy atom. The van der Waals surface area contributed by atoms with Crippen molar-refractivity contribution in [1.82, 2.24) is 0 Å².